The molecule has 0 aromatic carbocycles. The van der Waals surface area contributed by atoms with Crippen molar-refractivity contribution < 1.29 is 14.7 Å². The van der Waals surface area contributed by atoms with Crippen molar-refractivity contribution in [1.82, 2.24) is 10.2 Å². The van der Waals surface area contributed by atoms with Gasteiger partial charge >= 0.3 is 12.0 Å². The number of carboxylic acids is 1. The summed E-state index contributed by atoms with van der Waals surface area (Å²) in [5.74, 6) is -0.0725. The molecule has 1 saturated carbocycles. The molecule has 1 unspecified atom stereocenters. The van der Waals surface area contributed by atoms with E-state index in [1.54, 1.807) is 4.90 Å². The Labute approximate surface area is 108 Å². The van der Waals surface area contributed by atoms with Gasteiger partial charge in [-0.3, -0.25) is 4.79 Å². The quantitative estimate of drug-likeness (QED) is 0.802. The highest BCUT2D eigenvalue weighted by Crippen LogP contribution is 2.39. The summed E-state index contributed by atoms with van der Waals surface area (Å²) < 4.78 is 0. The zero-order chi connectivity index (χ0) is 13.3. The highest BCUT2D eigenvalue weighted by Gasteiger charge is 2.40. The third-order valence-corrected chi connectivity index (χ3v) is 4.06. The molecule has 2 amide bonds. The van der Waals surface area contributed by atoms with E-state index in [1.807, 2.05) is 0 Å². The van der Waals surface area contributed by atoms with Gasteiger partial charge < -0.3 is 15.3 Å². The fourth-order valence-corrected chi connectivity index (χ4v) is 2.69. The molecule has 1 atom stereocenters. The van der Waals surface area contributed by atoms with Crippen LogP contribution in [-0.4, -0.2) is 40.6 Å². The van der Waals surface area contributed by atoms with E-state index >= 15 is 0 Å². The van der Waals surface area contributed by atoms with Gasteiger partial charge in [-0.05, 0) is 44.9 Å². The van der Waals surface area contributed by atoms with Crippen molar-refractivity contribution in [2.75, 3.05) is 13.1 Å². The van der Waals surface area contributed by atoms with Crippen LogP contribution < -0.4 is 5.32 Å². The van der Waals surface area contributed by atoms with E-state index in [1.165, 1.54) is 12.8 Å². The lowest BCUT2D eigenvalue weighted by molar-refractivity contribution is -0.138. The monoisotopic (exact) mass is 254 g/mol. The summed E-state index contributed by atoms with van der Waals surface area (Å²) in [6.07, 6.45) is 3.34. The van der Waals surface area contributed by atoms with Crippen molar-refractivity contribution in [3.63, 3.8) is 0 Å². The Hall–Kier alpha value is -1.26. The topological polar surface area (TPSA) is 69.6 Å². The molecule has 0 spiro atoms. The van der Waals surface area contributed by atoms with Crippen molar-refractivity contribution in [3.8, 4) is 0 Å². The standard InChI is InChI=1S/C13H22N2O3/c1-13(2,10-3-4-10)14-12(18)15-6-5-9(8-15)7-11(16)17/h9-10H,3-8H2,1-2H3,(H,14,18)(H,16,17). The number of nitrogens with one attached hydrogen (secondary N) is 1. The number of nitrogens with zero attached hydrogens (tertiary/aromatic N) is 1. The summed E-state index contributed by atoms with van der Waals surface area (Å²) >= 11 is 0. The summed E-state index contributed by atoms with van der Waals surface area (Å²) in [6, 6.07) is -0.0419. The molecular weight excluding hydrogens is 232 g/mol. The zero-order valence-electron chi connectivity index (χ0n) is 11.1. The SMILES string of the molecule is CC(C)(NC(=O)N1CCC(CC(=O)O)C1)C1CC1. The summed E-state index contributed by atoms with van der Waals surface area (Å²) in [6.45, 7) is 5.37. The smallest absolute Gasteiger partial charge is 0.317 e. The maximum Gasteiger partial charge on any atom is 0.317 e. The highest BCUT2D eigenvalue weighted by atomic mass is 16.4. The number of carbonyl (C=O) groups is 2. The lowest BCUT2D eigenvalue weighted by atomic mass is 9.99. The number of aliphatic carboxylic acids is 1. The Morgan fingerprint density at radius 3 is 2.56 bits per heavy atom. The highest BCUT2D eigenvalue weighted by molar-refractivity contribution is 5.75. The second-order valence-corrected chi connectivity index (χ2v) is 6.12. The molecule has 2 N–H and O–H groups in total. The normalized spacial score (nSPS) is 24.1. The van der Waals surface area contributed by atoms with Gasteiger partial charge in [-0.1, -0.05) is 0 Å². The van der Waals surface area contributed by atoms with Gasteiger partial charge in [-0.2, -0.15) is 0 Å². The molecule has 0 bridgehead atoms. The van der Waals surface area contributed by atoms with Crippen molar-refractivity contribution in [2.24, 2.45) is 11.8 Å². The predicted molar refractivity (Wildman–Crippen MR) is 67.3 cm³/mol. The molecule has 102 valence electrons. The molecule has 1 aliphatic carbocycles. The molecule has 1 aliphatic heterocycles. The third-order valence-electron chi connectivity index (χ3n) is 4.06. The van der Waals surface area contributed by atoms with Crippen molar-refractivity contribution in [1.29, 1.82) is 0 Å². The maximum atomic E-state index is 12.1. The van der Waals surface area contributed by atoms with Gasteiger partial charge in [0.25, 0.3) is 0 Å². The first kappa shape index (κ1) is 13.2. The number of carboxylic acid groups (broad SMARTS) is 1. The van der Waals surface area contributed by atoms with Gasteiger partial charge in [0.1, 0.15) is 0 Å². The second kappa shape index (κ2) is 4.78. The van der Waals surface area contributed by atoms with Crippen LogP contribution >= 0.6 is 0 Å². The first-order valence-electron chi connectivity index (χ1n) is 6.67. The largest absolute Gasteiger partial charge is 0.481 e. The minimum absolute atomic E-state index is 0.0419. The van der Waals surface area contributed by atoms with Crippen LogP contribution in [0.25, 0.3) is 0 Å². The molecule has 0 radical (unpaired) electrons. The average molecular weight is 254 g/mol. The van der Waals surface area contributed by atoms with Crippen LogP contribution in [0.5, 0.6) is 0 Å². The van der Waals surface area contributed by atoms with Crippen LogP contribution in [0.3, 0.4) is 0 Å². The molecule has 2 aliphatic rings. The van der Waals surface area contributed by atoms with Crippen LogP contribution in [0, 0.1) is 11.8 Å². The van der Waals surface area contributed by atoms with Crippen molar-refractivity contribution in [3.05, 3.63) is 0 Å². The van der Waals surface area contributed by atoms with E-state index in [9.17, 15) is 9.59 Å². The predicted octanol–water partition coefficient (Wildman–Crippen LogP) is 1.68. The van der Waals surface area contributed by atoms with E-state index in [2.05, 4.69) is 19.2 Å². The van der Waals surface area contributed by atoms with Gasteiger partial charge in [-0.15, -0.1) is 0 Å². The lowest BCUT2D eigenvalue weighted by Gasteiger charge is -2.29. The van der Waals surface area contributed by atoms with Gasteiger partial charge in [0.15, 0.2) is 0 Å². The van der Waals surface area contributed by atoms with Gasteiger partial charge in [0.2, 0.25) is 0 Å². The molecule has 5 heteroatoms. The third kappa shape index (κ3) is 3.15. The number of hydrogen-bond acceptors (Lipinski definition) is 2. The minimum atomic E-state index is -0.777. The number of carbonyl (C=O) groups excluding carboxylic acids is 1. The fourth-order valence-electron chi connectivity index (χ4n) is 2.69. The van der Waals surface area contributed by atoms with Gasteiger partial charge in [-0.25, -0.2) is 4.79 Å². The number of rotatable bonds is 4. The molecule has 2 rings (SSSR count). The van der Waals surface area contributed by atoms with Crippen LogP contribution in [0.2, 0.25) is 0 Å². The molecule has 5 nitrogen and oxygen atoms in total. The Kier molecular flexibility index (Phi) is 3.50. The van der Waals surface area contributed by atoms with Gasteiger partial charge in [0.05, 0.1) is 0 Å². The van der Waals surface area contributed by atoms with E-state index in [4.69, 9.17) is 5.11 Å². The Balaban J connectivity index is 1.81. The summed E-state index contributed by atoms with van der Waals surface area (Å²) in [4.78, 5) is 24.5. The Morgan fingerprint density at radius 1 is 1.33 bits per heavy atom. The summed E-state index contributed by atoms with van der Waals surface area (Å²) in [5, 5.41) is 11.8. The van der Waals surface area contributed by atoms with E-state index < -0.39 is 5.97 Å². The summed E-state index contributed by atoms with van der Waals surface area (Å²) in [5.41, 5.74) is -0.137. The second-order valence-electron chi connectivity index (χ2n) is 6.12. The lowest BCUT2D eigenvalue weighted by Crippen LogP contribution is -2.50. The molecule has 0 aromatic heterocycles. The minimum Gasteiger partial charge on any atom is -0.481 e. The van der Waals surface area contributed by atoms with Gasteiger partial charge in [0, 0.05) is 25.0 Å². The fraction of sp³-hybridized carbons (Fsp3) is 0.846. The summed E-state index contributed by atoms with van der Waals surface area (Å²) in [7, 11) is 0. The molecule has 1 heterocycles. The average Bonchev–Trinajstić information content (AvgIpc) is 3.00. The Bertz CT molecular complexity index is 350. The number of hydrogen-bond donors (Lipinski definition) is 2. The van der Waals surface area contributed by atoms with Crippen LogP contribution in [0.4, 0.5) is 4.79 Å². The molecule has 0 aromatic rings. The Morgan fingerprint density at radius 2 is 2.00 bits per heavy atom. The van der Waals surface area contributed by atoms with E-state index in [0.29, 0.717) is 19.0 Å². The molecule has 1 saturated heterocycles. The number of amides is 2. The first-order chi connectivity index (χ1) is 8.38. The van der Waals surface area contributed by atoms with E-state index in [-0.39, 0.29) is 23.9 Å². The van der Waals surface area contributed by atoms with Crippen molar-refractivity contribution in [2.45, 2.75) is 45.1 Å². The van der Waals surface area contributed by atoms with Crippen LogP contribution in [0.1, 0.15) is 39.5 Å². The first-order valence-corrected chi connectivity index (χ1v) is 6.67. The van der Waals surface area contributed by atoms with Crippen LogP contribution in [0.15, 0.2) is 0 Å². The van der Waals surface area contributed by atoms with Crippen molar-refractivity contribution >= 4 is 12.0 Å². The molecular formula is C13H22N2O3. The zero-order valence-corrected chi connectivity index (χ0v) is 11.1. The molecule has 18 heavy (non-hydrogen) atoms. The van der Waals surface area contributed by atoms with E-state index in [0.717, 1.165) is 6.42 Å². The molecule has 2 fully saturated rings. The maximum absolute atomic E-state index is 12.1. The number of likely N-dealkylation sites (tertiary alicyclic amines) is 1. The number of urea groups is 1. The van der Waals surface area contributed by atoms with Crippen LogP contribution in [-0.2, 0) is 4.79 Å².